The predicted octanol–water partition coefficient (Wildman–Crippen LogP) is 6.24. The number of nitrogens with zero attached hydrogens (tertiary/aromatic N) is 3. The van der Waals surface area contributed by atoms with Gasteiger partial charge in [0, 0.05) is 23.5 Å². The smallest absolute Gasteiger partial charge is 0.333 e. The molecule has 7 nitrogen and oxygen atoms in total. The monoisotopic (exact) mass is 464 g/mol. The summed E-state index contributed by atoms with van der Waals surface area (Å²) in [5, 5.41) is 16.6. The molecule has 0 amide bonds. The van der Waals surface area contributed by atoms with Crippen LogP contribution in [0.4, 0.5) is 20.3 Å². The van der Waals surface area contributed by atoms with E-state index in [0.29, 0.717) is 33.1 Å². The van der Waals surface area contributed by atoms with Gasteiger partial charge in [0.25, 0.3) is 0 Å². The Hall–Kier alpha value is -4.27. The molecule has 34 heavy (non-hydrogen) atoms. The molecule has 0 aliphatic rings. The molecule has 0 fully saturated rings. The van der Waals surface area contributed by atoms with Crippen molar-refractivity contribution in [3.8, 4) is 22.8 Å². The number of carbonyl (C=O) groups is 1. The third-order valence-electron chi connectivity index (χ3n) is 5.30. The molecule has 9 heteroatoms. The van der Waals surface area contributed by atoms with Crippen molar-refractivity contribution in [1.82, 2.24) is 14.8 Å². The molecule has 4 aromatic rings. The number of aromatic nitrogens is 3. The van der Waals surface area contributed by atoms with Crippen LogP contribution in [0.1, 0.15) is 26.0 Å². The summed E-state index contributed by atoms with van der Waals surface area (Å²) in [6.07, 6.45) is 2.67. The molecule has 0 unspecified atom stereocenters. The molecule has 0 aliphatic carbocycles. The number of nitrogens with one attached hydrogen (secondary N) is 1. The summed E-state index contributed by atoms with van der Waals surface area (Å²) in [7, 11) is 0. The average molecular weight is 464 g/mol. The fourth-order valence-electron chi connectivity index (χ4n) is 3.27. The van der Waals surface area contributed by atoms with Crippen LogP contribution in [0.25, 0.3) is 11.3 Å². The first-order valence-electron chi connectivity index (χ1n) is 10.4. The third kappa shape index (κ3) is 4.88. The highest BCUT2D eigenvalue weighted by atomic mass is 19.3. The fourth-order valence-corrected chi connectivity index (χ4v) is 3.27. The maximum atomic E-state index is 13.3. The number of carboxylic acids is 1. The maximum Gasteiger partial charge on any atom is 0.333 e. The highest BCUT2D eigenvalue weighted by molar-refractivity contribution is 5.81. The molecule has 0 saturated carbocycles. The Morgan fingerprint density at radius 1 is 1.09 bits per heavy atom. The van der Waals surface area contributed by atoms with E-state index in [9.17, 15) is 18.7 Å². The van der Waals surface area contributed by atoms with Crippen molar-refractivity contribution >= 4 is 17.5 Å². The molecular formula is C25H22F2N4O3. The van der Waals surface area contributed by atoms with Gasteiger partial charge in [0.1, 0.15) is 17.3 Å². The maximum absolute atomic E-state index is 13.3. The van der Waals surface area contributed by atoms with E-state index in [0.717, 1.165) is 6.20 Å². The van der Waals surface area contributed by atoms with Crippen LogP contribution in [0.3, 0.4) is 0 Å². The Bertz CT molecular complexity index is 1310. The van der Waals surface area contributed by atoms with E-state index in [1.807, 2.05) is 6.07 Å². The Morgan fingerprint density at radius 2 is 1.85 bits per heavy atom. The van der Waals surface area contributed by atoms with E-state index < -0.39 is 17.9 Å². The van der Waals surface area contributed by atoms with E-state index in [-0.39, 0.29) is 11.4 Å². The summed E-state index contributed by atoms with van der Waals surface area (Å²) in [6, 6.07) is 19.2. The minimum absolute atomic E-state index is 0.175. The van der Waals surface area contributed by atoms with Gasteiger partial charge < -0.3 is 15.2 Å². The van der Waals surface area contributed by atoms with E-state index in [1.165, 1.54) is 6.20 Å². The van der Waals surface area contributed by atoms with Crippen LogP contribution in [0, 0.1) is 0 Å². The zero-order valence-electron chi connectivity index (χ0n) is 18.4. The lowest BCUT2D eigenvalue weighted by Crippen LogP contribution is -2.28. The van der Waals surface area contributed by atoms with Crippen molar-refractivity contribution in [2.45, 2.75) is 25.8 Å². The number of pyridine rings is 1. The molecule has 0 atom stereocenters. The van der Waals surface area contributed by atoms with Gasteiger partial charge in [-0.25, -0.2) is 9.67 Å². The molecule has 2 heterocycles. The lowest BCUT2D eigenvalue weighted by atomic mass is 9.84. The van der Waals surface area contributed by atoms with Crippen LogP contribution < -0.4 is 10.1 Å². The minimum atomic E-state index is -2.81. The van der Waals surface area contributed by atoms with Crippen molar-refractivity contribution in [3.63, 3.8) is 0 Å². The van der Waals surface area contributed by atoms with Crippen molar-refractivity contribution in [3.05, 3.63) is 84.7 Å². The molecule has 0 saturated heterocycles. The van der Waals surface area contributed by atoms with Crippen LogP contribution in [-0.2, 0) is 10.2 Å². The first-order valence-corrected chi connectivity index (χ1v) is 10.4. The van der Waals surface area contributed by atoms with Gasteiger partial charge in [0.2, 0.25) is 0 Å². The van der Waals surface area contributed by atoms with Gasteiger partial charge in [-0.2, -0.15) is 13.9 Å². The van der Waals surface area contributed by atoms with Crippen molar-refractivity contribution in [2.75, 3.05) is 5.32 Å². The largest absolute Gasteiger partial charge is 0.481 e. The zero-order chi connectivity index (χ0) is 24.3. The number of hydrogen-bond acceptors (Lipinski definition) is 5. The first kappa shape index (κ1) is 22.9. The summed E-state index contributed by atoms with van der Waals surface area (Å²) in [5.74, 6) is 0.0430. The standard InChI is InChI=1S/C25H22F2N4O3/c1-25(2,23(32)33)17-9-6-10-18(13-17)29-21-14-19(11-12-28-21)34-20-15-31(24(26)27)30-22(20)16-7-4-3-5-8-16/h3-15,24H,1-2H3,(H,28,29)(H,32,33). The SMILES string of the molecule is CC(C)(C(=O)O)c1cccc(Nc2cc(Oc3cn(C(F)F)nc3-c3ccccc3)ccn2)c1. The number of ether oxygens (including phenoxy) is 1. The molecule has 2 aromatic heterocycles. The third-order valence-corrected chi connectivity index (χ3v) is 5.30. The van der Waals surface area contributed by atoms with Crippen molar-refractivity contribution < 1.29 is 23.4 Å². The first-order chi connectivity index (χ1) is 16.2. The van der Waals surface area contributed by atoms with Gasteiger partial charge in [-0.15, -0.1) is 0 Å². The van der Waals surface area contributed by atoms with Crippen LogP contribution in [0.2, 0.25) is 0 Å². The van der Waals surface area contributed by atoms with Crippen molar-refractivity contribution in [2.24, 2.45) is 0 Å². The Balaban J connectivity index is 1.60. The van der Waals surface area contributed by atoms with Crippen molar-refractivity contribution in [1.29, 1.82) is 0 Å². The van der Waals surface area contributed by atoms with Crippen LogP contribution in [-0.4, -0.2) is 25.8 Å². The van der Waals surface area contributed by atoms with Crippen LogP contribution >= 0.6 is 0 Å². The van der Waals surface area contributed by atoms with E-state index in [4.69, 9.17) is 4.74 Å². The molecule has 174 valence electrons. The quantitative estimate of drug-likeness (QED) is 0.321. The molecule has 2 aromatic carbocycles. The second-order valence-electron chi connectivity index (χ2n) is 8.08. The average Bonchev–Trinajstić information content (AvgIpc) is 3.24. The predicted molar refractivity (Wildman–Crippen MR) is 124 cm³/mol. The van der Waals surface area contributed by atoms with Gasteiger partial charge in [0.15, 0.2) is 5.75 Å². The van der Waals surface area contributed by atoms with Gasteiger partial charge in [-0.3, -0.25) is 4.79 Å². The Labute approximate surface area is 194 Å². The number of anilines is 2. The van der Waals surface area contributed by atoms with E-state index in [2.05, 4.69) is 15.4 Å². The van der Waals surface area contributed by atoms with E-state index >= 15 is 0 Å². The number of carboxylic acid groups (broad SMARTS) is 1. The number of alkyl halides is 2. The fraction of sp³-hybridized carbons (Fsp3) is 0.160. The van der Waals surface area contributed by atoms with Crippen LogP contribution in [0.15, 0.2) is 79.1 Å². The molecule has 0 aliphatic heterocycles. The normalized spacial score (nSPS) is 11.4. The van der Waals surface area contributed by atoms with Gasteiger partial charge >= 0.3 is 12.5 Å². The number of benzene rings is 2. The molecule has 0 bridgehead atoms. The van der Waals surface area contributed by atoms with Gasteiger partial charge in [-0.1, -0.05) is 42.5 Å². The number of rotatable bonds is 8. The lowest BCUT2D eigenvalue weighted by Gasteiger charge is -2.20. The minimum Gasteiger partial charge on any atom is -0.481 e. The highest BCUT2D eigenvalue weighted by Gasteiger charge is 2.29. The molecular weight excluding hydrogens is 442 g/mol. The molecule has 0 radical (unpaired) electrons. The highest BCUT2D eigenvalue weighted by Crippen LogP contribution is 2.34. The number of halogens is 2. The summed E-state index contributed by atoms with van der Waals surface area (Å²) in [5.41, 5.74) is 1.14. The number of aliphatic carboxylic acids is 1. The zero-order valence-corrected chi connectivity index (χ0v) is 18.4. The Morgan fingerprint density at radius 3 is 2.56 bits per heavy atom. The van der Waals surface area contributed by atoms with Crippen LogP contribution in [0.5, 0.6) is 11.5 Å². The second kappa shape index (κ2) is 9.30. The van der Waals surface area contributed by atoms with Gasteiger partial charge in [-0.05, 0) is 37.6 Å². The summed E-state index contributed by atoms with van der Waals surface area (Å²) < 4.78 is 33.0. The topological polar surface area (TPSA) is 89.3 Å². The van der Waals surface area contributed by atoms with E-state index in [1.54, 1.807) is 74.5 Å². The lowest BCUT2D eigenvalue weighted by molar-refractivity contribution is -0.142. The Kier molecular flexibility index (Phi) is 6.27. The second-order valence-corrected chi connectivity index (χ2v) is 8.08. The molecule has 0 spiro atoms. The summed E-state index contributed by atoms with van der Waals surface area (Å²) >= 11 is 0. The number of hydrogen-bond donors (Lipinski definition) is 2. The molecule has 4 rings (SSSR count). The summed E-state index contributed by atoms with van der Waals surface area (Å²) in [6.45, 7) is 0.451. The summed E-state index contributed by atoms with van der Waals surface area (Å²) in [4.78, 5) is 15.8. The van der Waals surface area contributed by atoms with Gasteiger partial charge in [0.05, 0.1) is 11.6 Å². The molecule has 2 N–H and O–H groups in total.